The van der Waals surface area contributed by atoms with Crippen LogP contribution in [0.4, 0.5) is 14.5 Å². The first kappa shape index (κ1) is 15.6. The summed E-state index contributed by atoms with van der Waals surface area (Å²) >= 11 is 5.89. The second-order valence-electron chi connectivity index (χ2n) is 4.52. The highest BCUT2D eigenvalue weighted by Crippen LogP contribution is 2.25. The van der Waals surface area contributed by atoms with Crippen molar-refractivity contribution >= 4 is 17.3 Å². The first-order valence-corrected chi connectivity index (χ1v) is 7.16. The highest BCUT2D eigenvalue weighted by Gasteiger charge is 2.05. The largest absolute Gasteiger partial charge is 0.494 e. The Kier molecular flexibility index (Phi) is 5.39. The zero-order chi connectivity index (χ0) is 15.2. The second-order valence-corrected chi connectivity index (χ2v) is 4.79. The number of halogens is 3. The Morgan fingerprint density at radius 2 is 1.81 bits per heavy atom. The molecule has 112 valence electrons. The van der Waals surface area contributed by atoms with E-state index >= 15 is 0 Å². The van der Waals surface area contributed by atoms with Crippen molar-refractivity contribution in [3.8, 4) is 5.75 Å². The highest BCUT2D eigenvalue weighted by molar-refractivity contribution is 6.17. The van der Waals surface area contributed by atoms with Crippen LogP contribution in [0.15, 0.2) is 36.4 Å². The molecule has 0 saturated carbocycles. The van der Waals surface area contributed by atoms with Gasteiger partial charge in [-0.15, -0.1) is 11.6 Å². The van der Waals surface area contributed by atoms with E-state index in [1.807, 2.05) is 25.1 Å². The first-order chi connectivity index (χ1) is 10.1. The number of nitrogens with one attached hydrogen (secondary N) is 1. The zero-order valence-electron chi connectivity index (χ0n) is 11.6. The fraction of sp³-hybridized carbons (Fsp3) is 0.250. The fourth-order valence-electron chi connectivity index (χ4n) is 2.01. The van der Waals surface area contributed by atoms with Gasteiger partial charge in [-0.25, -0.2) is 8.78 Å². The van der Waals surface area contributed by atoms with Crippen LogP contribution in [0.2, 0.25) is 0 Å². The van der Waals surface area contributed by atoms with Gasteiger partial charge in [0.25, 0.3) is 0 Å². The molecule has 2 nitrogen and oxygen atoms in total. The van der Waals surface area contributed by atoms with Crippen molar-refractivity contribution in [1.82, 2.24) is 0 Å². The van der Waals surface area contributed by atoms with Crippen molar-refractivity contribution in [3.05, 3.63) is 59.2 Å². The minimum absolute atomic E-state index is 0.324. The third-order valence-electron chi connectivity index (χ3n) is 2.92. The molecule has 0 aliphatic carbocycles. The molecule has 0 radical (unpaired) electrons. The topological polar surface area (TPSA) is 21.3 Å². The molecule has 0 fully saturated rings. The predicted molar refractivity (Wildman–Crippen MR) is 80.9 cm³/mol. The summed E-state index contributed by atoms with van der Waals surface area (Å²) in [5.74, 6) is -0.0888. The summed E-state index contributed by atoms with van der Waals surface area (Å²) in [6.45, 7) is 2.80. The maximum absolute atomic E-state index is 13.1. The summed E-state index contributed by atoms with van der Waals surface area (Å²) in [7, 11) is 0. The van der Waals surface area contributed by atoms with Crippen molar-refractivity contribution < 1.29 is 13.5 Å². The van der Waals surface area contributed by atoms with Gasteiger partial charge < -0.3 is 10.1 Å². The third-order valence-corrected chi connectivity index (χ3v) is 3.21. The van der Waals surface area contributed by atoms with Crippen LogP contribution in [0.25, 0.3) is 0 Å². The Bertz CT molecular complexity index is 599. The molecule has 0 aliphatic rings. The van der Waals surface area contributed by atoms with E-state index < -0.39 is 11.6 Å². The molecular weight excluding hydrogens is 296 g/mol. The Balaban J connectivity index is 2.09. The normalized spacial score (nSPS) is 10.5. The van der Waals surface area contributed by atoms with Gasteiger partial charge in [0.15, 0.2) is 0 Å². The van der Waals surface area contributed by atoms with Crippen LogP contribution in [0.1, 0.15) is 18.1 Å². The van der Waals surface area contributed by atoms with Crippen molar-refractivity contribution in [2.45, 2.75) is 19.3 Å². The Morgan fingerprint density at radius 1 is 1.10 bits per heavy atom. The minimum Gasteiger partial charge on any atom is -0.494 e. The van der Waals surface area contributed by atoms with Gasteiger partial charge in [-0.3, -0.25) is 0 Å². The summed E-state index contributed by atoms with van der Waals surface area (Å²) in [5.41, 5.74) is 2.22. The van der Waals surface area contributed by atoms with E-state index in [1.165, 1.54) is 12.1 Å². The van der Waals surface area contributed by atoms with Crippen molar-refractivity contribution in [3.63, 3.8) is 0 Å². The van der Waals surface area contributed by atoms with E-state index in [9.17, 15) is 8.78 Å². The molecule has 0 aliphatic heterocycles. The van der Waals surface area contributed by atoms with Gasteiger partial charge in [0.2, 0.25) is 0 Å². The van der Waals surface area contributed by atoms with Crippen LogP contribution >= 0.6 is 11.6 Å². The van der Waals surface area contributed by atoms with E-state index in [1.54, 1.807) is 0 Å². The van der Waals surface area contributed by atoms with E-state index in [4.69, 9.17) is 16.3 Å². The number of hydrogen-bond donors (Lipinski definition) is 1. The molecule has 0 bridgehead atoms. The highest BCUT2D eigenvalue weighted by atomic mass is 35.5. The van der Waals surface area contributed by atoms with Gasteiger partial charge in [0.1, 0.15) is 17.4 Å². The molecule has 0 amide bonds. The lowest BCUT2D eigenvalue weighted by molar-refractivity contribution is 0.337. The number of benzene rings is 2. The summed E-state index contributed by atoms with van der Waals surface area (Å²) in [5, 5.41) is 3.11. The zero-order valence-corrected chi connectivity index (χ0v) is 12.4. The molecule has 0 saturated heterocycles. The summed E-state index contributed by atoms with van der Waals surface area (Å²) < 4.78 is 31.7. The van der Waals surface area contributed by atoms with Crippen LogP contribution < -0.4 is 10.1 Å². The number of ether oxygens (including phenoxy) is 1. The Morgan fingerprint density at radius 3 is 2.43 bits per heavy atom. The Labute approximate surface area is 127 Å². The molecule has 2 aromatic carbocycles. The number of anilines is 1. The summed E-state index contributed by atoms with van der Waals surface area (Å²) in [6.07, 6.45) is 0. The molecule has 0 heterocycles. The maximum atomic E-state index is 13.1. The van der Waals surface area contributed by atoms with Gasteiger partial charge in [0, 0.05) is 23.9 Å². The number of hydrogen-bond acceptors (Lipinski definition) is 2. The van der Waals surface area contributed by atoms with Gasteiger partial charge in [-0.05, 0) is 42.8 Å². The lowest BCUT2D eigenvalue weighted by Gasteiger charge is -2.12. The molecule has 0 spiro atoms. The van der Waals surface area contributed by atoms with Crippen LogP contribution in [0.5, 0.6) is 5.75 Å². The van der Waals surface area contributed by atoms with E-state index in [-0.39, 0.29) is 0 Å². The van der Waals surface area contributed by atoms with Gasteiger partial charge in [0.05, 0.1) is 12.5 Å². The SMILES string of the molecule is CCOc1ccc(NCc2cc(F)cc(F)c2)cc1CCl. The quantitative estimate of drug-likeness (QED) is 0.780. The van der Waals surface area contributed by atoms with Crippen molar-refractivity contribution in [2.24, 2.45) is 0 Å². The second kappa shape index (κ2) is 7.27. The van der Waals surface area contributed by atoms with E-state index in [2.05, 4.69) is 5.32 Å². The molecule has 1 N–H and O–H groups in total. The van der Waals surface area contributed by atoms with Gasteiger partial charge in [-0.1, -0.05) is 0 Å². The predicted octanol–water partition coefficient (Wildman–Crippen LogP) is 4.71. The molecule has 21 heavy (non-hydrogen) atoms. The maximum Gasteiger partial charge on any atom is 0.126 e. The van der Waals surface area contributed by atoms with Crippen LogP contribution in [-0.2, 0) is 12.4 Å². The van der Waals surface area contributed by atoms with Gasteiger partial charge >= 0.3 is 0 Å². The Hall–Kier alpha value is -1.81. The average molecular weight is 312 g/mol. The third kappa shape index (κ3) is 4.33. The molecule has 0 unspecified atom stereocenters. The van der Waals surface area contributed by atoms with Crippen molar-refractivity contribution in [1.29, 1.82) is 0 Å². The molecular formula is C16H16ClF2NO. The van der Waals surface area contributed by atoms with Crippen LogP contribution in [0.3, 0.4) is 0 Å². The molecule has 0 aromatic heterocycles. The van der Waals surface area contributed by atoms with Gasteiger partial charge in [-0.2, -0.15) is 0 Å². The standard InChI is InChI=1S/C16H16ClF2NO/c1-2-21-16-4-3-15(7-12(16)9-17)20-10-11-5-13(18)8-14(19)6-11/h3-8,20H,2,9-10H2,1H3. The summed E-state index contributed by atoms with van der Waals surface area (Å²) in [6, 6.07) is 8.99. The van der Waals surface area contributed by atoms with Crippen LogP contribution in [0, 0.1) is 11.6 Å². The minimum atomic E-state index is -0.583. The smallest absolute Gasteiger partial charge is 0.126 e. The molecule has 0 atom stereocenters. The first-order valence-electron chi connectivity index (χ1n) is 6.63. The number of rotatable bonds is 6. The fourth-order valence-corrected chi connectivity index (χ4v) is 2.22. The lowest BCUT2D eigenvalue weighted by atomic mass is 10.1. The summed E-state index contributed by atoms with van der Waals surface area (Å²) in [4.78, 5) is 0. The lowest BCUT2D eigenvalue weighted by Crippen LogP contribution is -2.02. The van der Waals surface area contributed by atoms with E-state index in [0.717, 1.165) is 23.1 Å². The number of alkyl halides is 1. The molecule has 2 rings (SSSR count). The van der Waals surface area contributed by atoms with Crippen LogP contribution in [-0.4, -0.2) is 6.61 Å². The monoisotopic (exact) mass is 311 g/mol. The van der Waals surface area contributed by atoms with Crippen molar-refractivity contribution in [2.75, 3.05) is 11.9 Å². The molecule has 2 aromatic rings. The molecule has 5 heteroatoms. The average Bonchev–Trinajstić information content (AvgIpc) is 2.45. The van der Waals surface area contributed by atoms with E-state index in [0.29, 0.717) is 24.6 Å².